The molecule has 1 aromatic heterocycles. The smallest absolute Gasteiger partial charge is 0.266 e. The minimum absolute atomic E-state index is 0.0316. The number of nitrogens with one attached hydrogen (secondary N) is 1. The zero-order valence-corrected chi connectivity index (χ0v) is 12.6. The molecule has 0 unspecified atom stereocenters. The highest BCUT2D eigenvalue weighted by Gasteiger charge is 2.22. The number of methoxy groups -OCH3 is 1. The van der Waals surface area contributed by atoms with E-state index in [1.54, 1.807) is 0 Å². The zero-order valence-electron chi connectivity index (χ0n) is 10.9. The summed E-state index contributed by atoms with van der Waals surface area (Å²) in [5.74, 6) is -0.595. The molecule has 114 valence electrons. The molecule has 7 nitrogen and oxygen atoms in total. The first-order chi connectivity index (χ1) is 10.0. The van der Waals surface area contributed by atoms with Crippen molar-refractivity contribution >= 4 is 27.6 Å². The average Bonchev–Trinajstić information content (AvgIpc) is 2.92. The molecule has 2 aromatic rings. The third-order valence-electron chi connectivity index (χ3n) is 2.34. The first-order valence-corrected chi connectivity index (χ1v) is 7.96. The van der Waals surface area contributed by atoms with Crippen molar-refractivity contribution in [1.82, 2.24) is 8.75 Å². The minimum atomic E-state index is -4.03. The van der Waals surface area contributed by atoms with Crippen LogP contribution < -0.4 is 9.46 Å². The molecule has 0 fully saturated rings. The zero-order chi connectivity index (χ0) is 15.3. The van der Waals surface area contributed by atoms with E-state index in [9.17, 15) is 12.8 Å². The molecule has 1 heterocycles. The molecular weight excluding hydrogens is 321 g/mol. The molecule has 1 aromatic carbocycles. The fourth-order valence-electron chi connectivity index (χ4n) is 1.45. The van der Waals surface area contributed by atoms with E-state index in [-0.39, 0.29) is 29.7 Å². The highest BCUT2D eigenvalue weighted by atomic mass is 32.2. The van der Waals surface area contributed by atoms with Gasteiger partial charge in [-0.05, 0) is 18.2 Å². The second-order valence-electron chi connectivity index (χ2n) is 3.83. The summed E-state index contributed by atoms with van der Waals surface area (Å²) in [6.07, 6.45) is 1.26. The maximum atomic E-state index is 13.3. The lowest BCUT2D eigenvalue weighted by Gasteiger charge is -2.12. The molecule has 2 rings (SSSR count). The molecule has 1 N–H and O–H groups in total. The van der Waals surface area contributed by atoms with Crippen molar-refractivity contribution in [2.75, 3.05) is 25.0 Å². The van der Waals surface area contributed by atoms with E-state index < -0.39 is 15.8 Å². The van der Waals surface area contributed by atoms with Crippen LogP contribution in [0, 0.1) is 5.82 Å². The third-order valence-corrected chi connectivity index (χ3v) is 4.19. The van der Waals surface area contributed by atoms with E-state index in [1.165, 1.54) is 19.4 Å². The molecule has 0 aliphatic heterocycles. The van der Waals surface area contributed by atoms with E-state index in [4.69, 9.17) is 9.47 Å². The van der Waals surface area contributed by atoms with Gasteiger partial charge in [0.05, 0.1) is 24.5 Å². The summed E-state index contributed by atoms with van der Waals surface area (Å²) in [4.78, 5) is -0.313. The Labute approximate surface area is 125 Å². The topological polar surface area (TPSA) is 90.4 Å². The second-order valence-corrected chi connectivity index (χ2v) is 6.04. The average molecular weight is 333 g/mol. The highest BCUT2D eigenvalue weighted by molar-refractivity contribution is 7.92. The molecule has 0 atom stereocenters. The largest absolute Gasteiger partial charge is 0.490 e. The van der Waals surface area contributed by atoms with Gasteiger partial charge in [-0.1, -0.05) is 0 Å². The van der Waals surface area contributed by atoms with E-state index in [1.807, 2.05) is 0 Å². The van der Waals surface area contributed by atoms with Crippen molar-refractivity contribution in [1.29, 1.82) is 0 Å². The number of anilines is 1. The number of nitrogens with zero attached hydrogens (tertiary/aromatic N) is 2. The standard InChI is InChI=1S/C11H12FN3O4S2/c1-18-4-5-19-9-3-2-8(12)6-10(9)21(16,17)15-11-7-13-20-14-11/h2-3,6-7H,4-5H2,1H3,(H,14,15). The number of rotatable bonds is 7. The summed E-state index contributed by atoms with van der Waals surface area (Å²) >= 11 is 0.851. The maximum Gasteiger partial charge on any atom is 0.266 e. The number of ether oxygens (including phenoxy) is 2. The van der Waals surface area contributed by atoms with Gasteiger partial charge in [0.1, 0.15) is 23.1 Å². The molecule has 21 heavy (non-hydrogen) atoms. The first-order valence-electron chi connectivity index (χ1n) is 5.74. The van der Waals surface area contributed by atoms with Gasteiger partial charge in [-0.3, -0.25) is 4.72 Å². The van der Waals surface area contributed by atoms with Crippen LogP contribution in [0.3, 0.4) is 0 Å². The fraction of sp³-hybridized carbons (Fsp3) is 0.273. The van der Waals surface area contributed by atoms with Crippen LogP contribution in [0.15, 0.2) is 29.3 Å². The van der Waals surface area contributed by atoms with Crippen LogP contribution in [-0.4, -0.2) is 37.5 Å². The lowest BCUT2D eigenvalue weighted by molar-refractivity contribution is 0.144. The van der Waals surface area contributed by atoms with Gasteiger partial charge in [0.2, 0.25) is 0 Å². The van der Waals surface area contributed by atoms with E-state index in [0.717, 1.165) is 23.9 Å². The number of aromatic nitrogens is 2. The molecule has 0 spiro atoms. The van der Waals surface area contributed by atoms with Gasteiger partial charge in [0.15, 0.2) is 5.82 Å². The fourth-order valence-corrected chi connectivity index (χ4v) is 3.02. The van der Waals surface area contributed by atoms with Crippen LogP contribution in [0.4, 0.5) is 10.2 Å². The van der Waals surface area contributed by atoms with Gasteiger partial charge in [-0.25, -0.2) is 12.8 Å². The molecule has 0 saturated heterocycles. The van der Waals surface area contributed by atoms with Crippen molar-refractivity contribution in [3.05, 3.63) is 30.2 Å². The summed E-state index contributed by atoms with van der Waals surface area (Å²) in [6, 6.07) is 3.24. The Morgan fingerprint density at radius 3 is 2.86 bits per heavy atom. The van der Waals surface area contributed by atoms with Gasteiger partial charge in [-0.2, -0.15) is 8.75 Å². The Morgan fingerprint density at radius 2 is 2.19 bits per heavy atom. The lowest BCUT2D eigenvalue weighted by atomic mass is 10.3. The lowest BCUT2D eigenvalue weighted by Crippen LogP contribution is -2.16. The number of sulfonamides is 1. The summed E-state index contributed by atoms with van der Waals surface area (Å²) in [5.41, 5.74) is 0. The molecule has 0 aliphatic carbocycles. The summed E-state index contributed by atoms with van der Waals surface area (Å²) in [7, 11) is -2.54. The van der Waals surface area contributed by atoms with Crippen LogP contribution in [0.5, 0.6) is 5.75 Å². The highest BCUT2D eigenvalue weighted by Crippen LogP contribution is 2.26. The Balaban J connectivity index is 2.29. The predicted octanol–water partition coefficient (Wildman–Crippen LogP) is 1.50. The van der Waals surface area contributed by atoms with Gasteiger partial charge in [0.25, 0.3) is 10.0 Å². The molecule has 0 bridgehead atoms. The number of halogens is 1. The molecule has 10 heteroatoms. The maximum absolute atomic E-state index is 13.3. The molecule has 0 saturated carbocycles. The van der Waals surface area contributed by atoms with Crippen molar-refractivity contribution in [3.8, 4) is 5.75 Å². The number of hydrogen-bond acceptors (Lipinski definition) is 7. The normalized spacial score (nSPS) is 11.3. The monoisotopic (exact) mass is 333 g/mol. The van der Waals surface area contributed by atoms with Crippen molar-refractivity contribution in [3.63, 3.8) is 0 Å². The Bertz CT molecular complexity index is 691. The first kappa shape index (κ1) is 15.6. The second kappa shape index (κ2) is 6.78. The molecule has 0 radical (unpaired) electrons. The number of benzene rings is 1. The third kappa shape index (κ3) is 4.09. The van der Waals surface area contributed by atoms with E-state index in [2.05, 4.69) is 13.5 Å². The molecular formula is C11H12FN3O4S2. The van der Waals surface area contributed by atoms with Crippen LogP contribution in [0.2, 0.25) is 0 Å². The summed E-state index contributed by atoms with van der Waals surface area (Å²) in [6.45, 7) is 0.420. The van der Waals surface area contributed by atoms with Gasteiger partial charge >= 0.3 is 0 Å². The van der Waals surface area contributed by atoms with Gasteiger partial charge < -0.3 is 9.47 Å². The predicted molar refractivity (Wildman–Crippen MR) is 74.5 cm³/mol. The molecule has 0 amide bonds. The van der Waals surface area contributed by atoms with Gasteiger partial charge in [-0.15, -0.1) is 0 Å². The Kier molecular flexibility index (Phi) is 5.04. The van der Waals surface area contributed by atoms with E-state index >= 15 is 0 Å². The quantitative estimate of drug-likeness (QED) is 0.772. The Morgan fingerprint density at radius 1 is 1.38 bits per heavy atom. The summed E-state index contributed by atoms with van der Waals surface area (Å²) in [5, 5.41) is 0. The van der Waals surface area contributed by atoms with Crippen LogP contribution in [0.1, 0.15) is 0 Å². The van der Waals surface area contributed by atoms with Crippen LogP contribution in [-0.2, 0) is 14.8 Å². The summed E-state index contributed by atoms with van der Waals surface area (Å²) < 4.78 is 57.6. The van der Waals surface area contributed by atoms with Crippen molar-refractivity contribution in [2.24, 2.45) is 0 Å². The Hall–Kier alpha value is -1.78. The van der Waals surface area contributed by atoms with Crippen LogP contribution in [0.25, 0.3) is 0 Å². The van der Waals surface area contributed by atoms with Crippen molar-refractivity contribution < 1.29 is 22.3 Å². The van der Waals surface area contributed by atoms with Crippen LogP contribution >= 0.6 is 11.7 Å². The minimum Gasteiger partial charge on any atom is -0.490 e. The SMILES string of the molecule is COCCOc1ccc(F)cc1S(=O)(=O)Nc1cnsn1. The van der Waals surface area contributed by atoms with E-state index in [0.29, 0.717) is 0 Å². The van der Waals surface area contributed by atoms with Gasteiger partial charge in [0, 0.05) is 7.11 Å². The molecule has 0 aliphatic rings. The number of hydrogen-bond donors (Lipinski definition) is 1. The van der Waals surface area contributed by atoms with Crippen molar-refractivity contribution in [2.45, 2.75) is 4.90 Å².